The molecule has 5 nitrogen and oxygen atoms in total. The van der Waals surface area contributed by atoms with Crippen LogP contribution >= 0.6 is 11.6 Å². The van der Waals surface area contributed by atoms with Gasteiger partial charge in [-0.15, -0.1) is 0 Å². The van der Waals surface area contributed by atoms with E-state index in [4.69, 9.17) is 11.6 Å². The van der Waals surface area contributed by atoms with Crippen LogP contribution in [0.2, 0.25) is 5.02 Å². The average Bonchev–Trinajstić information content (AvgIpc) is 2.82. The number of nitrogens with one attached hydrogen (secondary N) is 2. The quantitative estimate of drug-likeness (QED) is 0.880. The Balaban J connectivity index is 1.88. The summed E-state index contributed by atoms with van der Waals surface area (Å²) < 4.78 is 0. The zero-order valence-electron chi connectivity index (χ0n) is 10.6. The van der Waals surface area contributed by atoms with Crippen LogP contribution in [-0.4, -0.2) is 36.5 Å². The Morgan fingerprint density at radius 2 is 2.37 bits per heavy atom. The summed E-state index contributed by atoms with van der Waals surface area (Å²) in [6.45, 7) is 3.03. The molecule has 19 heavy (non-hydrogen) atoms. The second-order valence-electron chi connectivity index (χ2n) is 4.43. The smallest absolute Gasteiger partial charge is 0.324 e. The van der Waals surface area contributed by atoms with Gasteiger partial charge in [0, 0.05) is 24.2 Å². The third-order valence-electron chi connectivity index (χ3n) is 3.07. The van der Waals surface area contributed by atoms with Gasteiger partial charge in [-0.3, -0.25) is 9.69 Å². The van der Waals surface area contributed by atoms with Crippen LogP contribution in [0.5, 0.6) is 0 Å². The molecule has 1 atom stereocenters. The molecule has 1 aliphatic heterocycles. The second-order valence-corrected chi connectivity index (χ2v) is 4.87. The standard InChI is InChI=1S/C13H16ClN3O2/c1-9(10-3-2-4-11(14)7-10)16-8-12(18)17-6-5-15-13(17)19/h2-4,7,9,16H,5-6,8H2,1H3,(H,15,19)/t9-/m1/s1. The van der Waals surface area contributed by atoms with E-state index in [1.807, 2.05) is 25.1 Å². The van der Waals surface area contributed by atoms with Gasteiger partial charge in [-0.1, -0.05) is 23.7 Å². The molecule has 1 aromatic carbocycles. The molecule has 1 heterocycles. The highest BCUT2D eigenvalue weighted by molar-refractivity contribution is 6.30. The Labute approximate surface area is 116 Å². The summed E-state index contributed by atoms with van der Waals surface area (Å²) in [6.07, 6.45) is 0. The van der Waals surface area contributed by atoms with Crippen LogP contribution in [0.25, 0.3) is 0 Å². The van der Waals surface area contributed by atoms with Crippen LogP contribution in [0.3, 0.4) is 0 Å². The lowest BCUT2D eigenvalue weighted by Crippen LogP contribution is -2.40. The molecule has 3 amide bonds. The Hall–Kier alpha value is -1.59. The number of benzene rings is 1. The summed E-state index contributed by atoms with van der Waals surface area (Å²) in [5, 5.41) is 6.36. The van der Waals surface area contributed by atoms with Gasteiger partial charge in [-0.2, -0.15) is 0 Å². The fourth-order valence-corrected chi connectivity index (χ4v) is 2.14. The molecule has 6 heteroatoms. The molecule has 1 fully saturated rings. The molecule has 0 saturated carbocycles. The number of hydrogen-bond acceptors (Lipinski definition) is 3. The molecule has 1 aromatic rings. The summed E-state index contributed by atoms with van der Waals surface area (Å²) in [5.74, 6) is -0.219. The maximum atomic E-state index is 11.8. The molecule has 0 spiro atoms. The van der Waals surface area contributed by atoms with Gasteiger partial charge in [0.2, 0.25) is 5.91 Å². The summed E-state index contributed by atoms with van der Waals surface area (Å²) in [6, 6.07) is 7.14. The minimum Gasteiger partial charge on any atom is -0.336 e. The van der Waals surface area contributed by atoms with Crippen LogP contribution in [0.4, 0.5) is 4.79 Å². The Kier molecular flexibility index (Phi) is 4.39. The first-order valence-electron chi connectivity index (χ1n) is 6.15. The summed E-state index contributed by atoms with van der Waals surface area (Å²) in [7, 11) is 0. The number of urea groups is 1. The fourth-order valence-electron chi connectivity index (χ4n) is 1.94. The van der Waals surface area contributed by atoms with Crippen LogP contribution in [0, 0.1) is 0 Å². The number of hydrogen-bond donors (Lipinski definition) is 2. The van der Waals surface area contributed by atoms with Crippen LogP contribution in [-0.2, 0) is 4.79 Å². The molecular formula is C13H16ClN3O2. The predicted octanol–water partition coefficient (Wildman–Crippen LogP) is 1.54. The first kappa shape index (κ1) is 13.8. The third-order valence-corrected chi connectivity index (χ3v) is 3.30. The van der Waals surface area contributed by atoms with Gasteiger partial charge in [-0.05, 0) is 24.6 Å². The molecule has 1 saturated heterocycles. The molecule has 2 rings (SSSR count). The maximum Gasteiger partial charge on any atom is 0.324 e. The molecular weight excluding hydrogens is 266 g/mol. The van der Waals surface area contributed by atoms with Crippen molar-refractivity contribution in [1.82, 2.24) is 15.5 Å². The highest BCUT2D eigenvalue weighted by Crippen LogP contribution is 2.17. The molecule has 0 bridgehead atoms. The molecule has 0 aromatic heterocycles. The molecule has 0 radical (unpaired) electrons. The zero-order chi connectivity index (χ0) is 13.8. The van der Waals surface area contributed by atoms with E-state index < -0.39 is 0 Å². The Morgan fingerprint density at radius 3 is 3.00 bits per heavy atom. The van der Waals surface area contributed by atoms with Gasteiger partial charge in [0.1, 0.15) is 0 Å². The number of amides is 3. The van der Waals surface area contributed by atoms with Gasteiger partial charge in [0.25, 0.3) is 0 Å². The minimum atomic E-state index is -0.317. The molecule has 0 aliphatic carbocycles. The molecule has 102 valence electrons. The highest BCUT2D eigenvalue weighted by Gasteiger charge is 2.25. The van der Waals surface area contributed by atoms with Crippen molar-refractivity contribution in [2.75, 3.05) is 19.6 Å². The predicted molar refractivity (Wildman–Crippen MR) is 73.0 cm³/mol. The van der Waals surface area contributed by atoms with E-state index in [-0.39, 0.29) is 24.5 Å². The van der Waals surface area contributed by atoms with Gasteiger partial charge in [0.05, 0.1) is 6.54 Å². The van der Waals surface area contributed by atoms with Crippen molar-refractivity contribution < 1.29 is 9.59 Å². The zero-order valence-corrected chi connectivity index (χ0v) is 11.4. The van der Waals surface area contributed by atoms with E-state index in [2.05, 4.69) is 10.6 Å². The lowest BCUT2D eigenvalue weighted by atomic mass is 10.1. The number of nitrogens with zero attached hydrogens (tertiary/aromatic N) is 1. The van der Waals surface area contributed by atoms with Crippen LogP contribution in [0.15, 0.2) is 24.3 Å². The van der Waals surface area contributed by atoms with E-state index in [0.29, 0.717) is 18.1 Å². The van der Waals surface area contributed by atoms with Gasteiger partial charge < -0.3 is 10.6 Å². The number of carbonyl (C=O) groups excluding carboxylic acids is 2. The number of imide groups is 1. The van der Waals surface area contributed by atoms with Crippen molar-refractivity contribution in [3.63, 3.8) is 0 Å². The molecule has 2 N–H and O–H groups in total. The third kappa shape index (κ3) is 3.45. The van der Waals surface area contributed by atoms with Crippen molar-refractivity contribution in [1.29, 1.82) is 0 Å². The number of rotatable bonds is 4. The summed E-state index contributed by atoms with van der Waals surface area (Å²) in [5.41, 5.74) is 1.01. The van der Waals surface area contributed by atoms with Crippen molar-refractivity contribution in [3.05, 3.63) is 34.9 Å². The lowest BCUT2D eigenvalue weighted by Gasteiger charge is -2.17. The first-order valence-corrected chi connectivity index (χ1v) is 6.53. The fraction of sp³-hybridized carbons (Fsp3) is 0.385. The normalized spacial score (nSPS) is 16.3. The summed E-state index contributed by atoms with van der Waals surface area (Å²) in [4.78, 5) is 24.4. The van der Waals surface area contributed by atoms with Gasteiger partial charge in [-0.25, -0.2) is 4.79 Å². The maximum absolute atomic E-state index is 11.8. The highest BCUT2D eigenvalue weighted by atomic mass is 35.5. The second kappa shape index (κ2) is 6.04. The Bertz CT molecular complexity index is 493. The number of carbonyl (C=O) groups is 2. The largest absolute Gasteiger partial charge is 0.336 e. The van der Waals surface area contributed by atoms with E-state index >= 15 is 0 Å². The monoisotopic (exact) mass is 281 g/mol. The minimum absolute atomic E-state index is 0.00619. The van der Waals surface area contributed by atoms with Gasteiger partial charge in [0.15, 0.2) is 0 Å². The average molecular weight is 282 g/mol. The first-order chi connectivity index (χ1) is 9.08. The SMILES string of the molecule is C[C@@H](NCC(=O)N1CCNC1=O)c1cccc(Cl)c1. The van der Waals surface area contributed by atoms with E-state index in [0.717, 1.165) is 5.56 Å². The molecule has 1 aliphatic rings. The van der Waals surface area contributed by atoms with Crippen LogP contribution < -0.4 is 10.6 Å². The van der Waals surface area contributed by atoms with Crippen molar-refractivity contribution >= 4 is 23.5 Å². The van der Waals surface area contributed by atoms with Crippen molar-refractivity contribution in [2.24, 2.45) is 0 Å². The topological polar surface area (TPSA) is 61.4 Å². The van der Waals surface area contributed by atoms with Gasteiger partial charge >= 0.3 is 6.03 Å². The van der Waals surface area contributed by atoms with Crippen molar-refractivity contribution in [2.45, 2.75) is 13.0 Å². The Morgan fingerprint density at radius 1 is 1.58 bits per heavy atom. The van der Waals surface area contributed by atoms with E-state index in [1.54, 1.807) is 6.07 Å². The van der Waals surface area contributed by atoms with Crippen LogP contribution in [0.1, 0.15) is 18.5 Å². The van der Waals surface area contributed by atoms with Crippen molar-refractivity contribution in [3.8, 4) is 0 Å². The lowest BCUT2D eigenvalue weighted by molar-refractivity contribution is -0.126. The van der Waals surface area contributed by atoms with E-state index in [9.17, 15) is 9.59 Å². The number of halogens is 1. The molecule has 0 unspecified atom stereocenters. The summed E-state index contributed by atoms with van der Waals surface area (Å²) >= 11 is 5.92. The van der Waals surface area contributed by atoms with E-state index in [1.165, 1.54) is 4.90 Å².